The minimum absolute atomic E-state index is 0.107. The number of aromatic nitrogens is 1. The van der Waals surface area contributed by atoms with Crippen LogP contribution >= 0.6 is 0 Å². The van der Waals surface area contributed by atoms with Gasteiger partial charge in [0.1, 0.15) is 6.10 Å². The lowest BCUT2D eigenvalue weighted by Crippen LogP contribution is -2.26. The van der Waals surface area contributed by atoms with Crippen LogP contribution in [0.25, 0.3) is 0 Å². The summed E-state index contributed by atoms with van der Waals surface area (Å²) in [5.74, 6) is 1.05. The van der Waals surface area contributed by atoms with Crippen molar-refractivity contribution in [3.05, 3.63) is 42.2 Å². The van der Waals surface area contributed by atoms with E-state index in [0.717, 1.165) is 12.8 Å². The van der Waals surface area contributed by atoms with Crippen molar-refractivity contribution in [3.8, 4) is 11.5 Å². The monoisotopic (exact) mass is 357 g/mol. The molecule has 26 heavy (non-hydrogen) atoms. The van der Waals surface area contributed by atoms with Gasteiger partial charge in [0.2, 0.25) is 0 Å². The number of ether oxygens (including phenoxy) is 3. The van der Waals surface area contributed by atoms with Gasteiger partial charge in [0.15, 0.2) is 11.5 Å². The van der Waals surface area contributed by atoms with Crippen LogP contribution < -0.4 is 20.1 Å². The highest BCUT2D eigenvalue weighted by molar-refractivity contribution is 6.00. The number of nitrogens with zero attached hydrogens (tertiary/aromatic N) is 1. The maximum Gasteiger partial charge on any atom is 0.254 e. The summed E-state index contributed by atoms with van der Waals surface area (Å²) in [6.07, 6.45) is 4.97. The molecule has 0 saturated carbocycles. The Balaban J connectivity index is 1.86. The molecule has 0 atom stereocenters. The quantitative estimate of drug-likeness (QED) is 0.827. The number of carbonyl (C=O) groups excluding carboxylic acids is 1. The van der Waals surface area contributed by atoms with Crippen LogP contribution in [-0.2, 0) is 4.74 Å². The Bertz CT molecular complexity index is 760. The van der Waals surface area contributed by atoms with Crippen LogP contribution in [0.2, 0.25) is 0 Å². The number of para-hydroxylation sites is 1. The van der Waals surface area contributed by atoms with Gasteiger partial charge >= 0.3 is 0 Å². The van der Waals surface area contributed by atoms with E-state index in [1.807, 2.05) is 18.2 Å². The summed E-state index contributed by atoms with van der Waals surface area (Å²) in [6.45, 7) is 1.41. The molecule has 1 aromatic carbocycles. The van der Waals surface area contributed by atoms with Gasteiger partial charge in [0.25, 0.3) is 5.91 Å². The van der Waals surface area contributed by atoms with E-state index in [0.29, 0.717) is 41.7 Å². The first-order chi connectivity index (χ1) is 12.7. The van der Waals surface area contributed by atoms with Crippen molar-refractivity contribution in [3.63, 3.8) is 0 Å². The third kappa shape index (κ3) is 4.05. The SMILES string of the molecule is CNC(=O)c1cnccc1Nc1cccc(OC2CCOCC2)c1OC. The molecular weight excluding hydrogens is 334 g/mol. The van der Waals surface area contributed by atoms with Crippen LogP contribution in [-0.4, -0.2) is 44.4 Å². The number of hydrogen-bond acceptors (Lipinski definition) is 6. The molecule has 2 N–H and O–H groups in total. The molecule has 0 unspecified atom stereocenters. The summed E-state index contributed by atoms with van der Waals surface area (Å²) in [5.41, 5.74) is 1.81. The van der Waals surface area contributed by atoms with Crippen molar-refractivity contribution >= 4 is 17.3 Å². The van der Waals surface area contributed by atoms with E-state index in [2.05, 4.69) is 15.6 Å². The maximum absolute atomic E-state index is 12.0. The highest BCUT2D eigenvalue weighted by atomic mass is 16.5. The molecule has 0 radical (unpaired) electrons. The first-order valence-electron chi connectivity index (χ1n) is 8.57. The average Bonchev–Trinajstić information content (AvgIpc) is 2.69. The molecule has 1 saturated heterocycles. The summed E-state index contributed by atoms with van der Waals surface area (Å²) in [6, 6.07) is 7.39. The predicted molar refractivity (Wildman–Crippen MR) is 98.4 cm³/mol. The van der Waals surface area contributed by atoms with Crippen molar-refractivity contribution in [2.75, 3.05) is 32.7 Å². The highest BCUT2D eigenvalue weighted by Gasteiger charge is 2.19. The predicted octanol–water partition coefficient (Wildman–Crippen LogP) is 2.75. The molecule has 1 aromatic heterocycles. The highest BCUT2D eigenvalue weighted by Crippen LogP contribution is 2.38. The first kappa shape index (κ1) is 18.0. The number of anilines is 2. The van der Waals surface area contributed by atoms with Gasteiger partial charge < -0.3 is 24.8 Å². The second-order valence-electron chi connectivity index (χ2n) is 5.89. The second-order valence-corrected chi connectivity index (χ2v) is 5.89. The van der Waals surface area contributed by atoms with Crippen LogP contribution in [0.1, 0.15) is 23.2 Å². The molecule has 1 fully saturated rings. The van der Waals surface area contributed by atoms with E-state index < -0.39 is 0 Å². The average molecular weight is 357 g/mol. The zero-order valence-corrected chi connectivity index (χ0v) is 15.0. The van der Waals surface area contributed by atoms with E-state index in [-0.39, 0.29) is 12.0 Å². The van der Waals surface area contributed by atoms with E-state index in [4.69, 9.17) is 14.2 Å². The van der Waals surface area contributed by atoms with Crippen molar-refractivity contribution < 1.29 is 19.0 Å². The van der Waals surface area contributed by atoms with E-state index in [1.165, 1.54) is 6.20 Å². The number of amides is 1. The minimum atomic E-state index is -0.214. The Hall–Kier alpha value is -2.80. The molecule has 7 heteroatoms. The van der Waals surface area contributed by atoms with Crippen LogP contribution in [0.3, 0.4) is 0 Å². The zero-order chi connectivity index (χ0) is 18.4. The van der Waals surface area contributed by atoms with Crippen LogP contribution in [0, 0.1) is 0 Å². The smallest absolute Gasteiger partial charge is 0.254 e. The Labute approximate surface area is 152 Å². The van der Waals surface area contributed by atoms with Gasteiger partial charge in [-0.1, -0.05) is 6.07 Å². The lowest BCUT2D eigenvalue weighted by atomic mass is 10.1. The molecule has 1 aliphatic heterocycles. The molecule has 1 amide bonds. The molecular formula is C19H23N3O4. The van der Waals surface area contributed by atoms with Gasteiger partial charge in [-0.2, -0.15) is 0 Å². The number of carbonyl (C=O) groups is 1. The number of pyridine rings is 1. The zero-order valence-electron chi connectivity index (χ0n) is 15.0. The summed E-state index contributed by atoms with van der Waals surface area (Å²) in [7, 11) is 3.19. The minimum Gasteiger partial charge on any atom is -0.491 e. The molecule has 7 nitrogen and oxygen atoms in total. The van der Waals surface area contributed by atoms with Crippen LogP contribution in [0.5, 0.6) is 11.5 Å². The molecule has 2 aromatic rings. The summed E-state index contributed by atoms with van der Waals surface area (Å²) in [5, 5.41) is 5.87. The molecule has 2 heterocycles. The lowest BCUT2D eigenvalue weighted by molar-refractivity contribution is 0.0246. The van der Waals surface area contributed by atoms with Gasteiger partial charge in [-0.3, -0.25) is 9.78 Å². The Kier molecular flexibility index (Phi) is 5.91. The topological polar surface area (TPSA) is 81.7 Å². The van der Waals surface area contributed by atoms with Gasteiger partial charge in [-0.05, 0) is 18.2 Å². The van der Waals surface area contributed by atoms with Gasteiger partial charge in [0.05, 0.1) is 37.3 Å². The van der Waals surface area contributed by atoms with Crippen molar-refractivity contribution in [2.45, 2.75) is 18.9 Å². The summed E-state index contributed by atoms with van der Waals surface area (Å²) >= 11 is 0. The summed E-state index contributed by atoms with van der Waals surface area (Å²) < 4.78 is 17.1. The van der Waals surface area contributed by atoms with Crippen molar-refractivity contribution in [1.82, 2.24) is 10.3 Å². The van der Waals surface area contributed by atoms with Crippen molar-refractivity contribution in [2.24, 2.45) is 0 Å². The third-order valence-corrected chi connectivity index (χ3v) is 4.21. The Morgan fingerprint density at radius 1 is 1.23 bits per heavy atom. The van der Waals surface area contributed by atoms with E-state index >= 15 is 0 Å². The largest absolute Gasteiger partial charge is 0.491 e. The standard InChI is InChI=1S/C19H23N3O4/c1-20-19(23)14-12-21-9-6-15(14)22-16-4-3-5-17(18(16)24-2)26-13-7-10-25-11-8-13/h3-6,9,12-13H,7-8,10-11H2,1-2H3,(H,20,23)(H,21,22). The fourth-order valence-corrected chi connectivity index (χ4v) is 2.86. The normalized spacial score (nSPS) is 14.5. The number of nitrogens with one attached hydrogen (secondary N) is 2. The Morgan fingerprint density at radius 2 is 2.04 bits per heavy atom. The number of methoxy groups -OCH3 is 1. The number of benzene rings is 1. The maximum atomic E-state index is 12.0. The number of hydrogen-bond donors (Lipinski definition) is 2. The van der Waals surface area contributed by atoms with Gasteiger partial charge in [0, 0.05) is 32.3 Å². The third-order valence-electron chi connectivity index (χ3n) is 4.21. The van der Waals surface area contributed by atoms with Crippen molar-refractivity contribution in [1.29, 1.82) is 0 Å². The van der Waals surface area contributed by atoms with Crippen LogP contribution in [0.15, 0.2) is 36.7 Å². The number of rotatable bonds is 6. The Morgan fingerprint density at radius 3 is 2.77 bits per heavy atom. The molecule has 0 bridgehead atoms. The fourth-order valence-electron chi connectivity index (χ4n) is 2.86. The molecule has 138 valence electrons. The van der Waals surface area contributed by atoms with E-state index in [9.17, 15) is 4.79 Å². The molecule has 3 rings (SSSR count). The lowest BCUT2D eigenvalue weighted by Gasteiger charge is -2.25. The fraction of sp³-hybridized carbons (Fsp3) is 0.368. The van der Waals surface area contributed by atoms with E-state index in [1.54, 1.807) is 26.4 Å². The molecule has 0 spiro atoms. The van der Waals surface area contributed by atoms with Gasteiger partial charge in [-0.25, -0.2) is 0 Å². The van der Waals surface area contributed by atoms with Gasteiger partial charge in [-0.15, -0.1) is 0 Å². The molecule has 0 aliphatic carbocycles. The summed E-state index contributed by atoms with van der Waals surface area (Å²) in [4.78, 5) is 16.1. The molecule has 1 aliphatic rings. The second kappa shape index (κ2) is 8.53. The van der Waals surface area contributed by atoms with Crippen LogP contribution in [0.4, 0.5) is 11.4 Å². The first-order valence-corrected chi connectivity index (χ1v) is 8.57.